The van der Waals surface area contributed by atoms with E-state index in [2.05, 4.69) is 17.0 Å². The summed E-state index contributed by atoms with van der Waals surface area (Å²) in [6, 6.07) is 4.14. The number of hydrogen-bond acceptors (Lipinski definition) is 5. The molecule has 0 bridgehead atoms. The first-order valence-electron chi connectivity index (χ1n) is 8.35. The van der Waals surface area contributed by atoms with E-state index in [-0.39, 0.29) is 11.5 Å². The number of aliphatic hydroxyl groups is 1. The molecule has 3 aliphatic rings. The molecule has 0 radical (unpaired) electrons. The summed E-state index contributed by atoms with van der Waals surface area (Å²) in [5.41, 5.74) is 8.16. The number of methoxy groups -OCH3 is 1. The average Bonchev–Trinajstić information content (AvgIpc) is 2.79. The first-order valence-corrected chi connectivity index (χ1v) is 8.35. The van der Waals surface area contributed by atoms with E-state index in [4.69, 9.17) is 15.2 Å². The molecular weight excluding hydrogens is 292 g/mol. The fourth-order valence-corrected chi connectivity index (χ4v) is 4.37. The van der Waals surface area contributed by atoms with Crippen molar-refractivity contribution in [2.75, 3.05) is 26.7 Å². The summed E-state index contributed by atoms with van der Waals surface area (Å²) >= 11 is 0. The van der Waals surface area contributed by atoms with Crippen LogP contribution in [0.1, 0.15) is 24.0 Å². The van der Waals surface area contributed by atoms with E-state index in [1.807, 2.05) is 12.1 Å². The molecule has 2 aliphatic heterocycles. The summed E-state index contributed by atoms with van der Waals surface area (Å²) in [5.74, 6) is 1.65. The van der Waals surface area contributed by atoms with Crippen molar-refractivity contribution >= 4 is 0 Å². The van der Waals surface area contributed by atoms with Crippen molar-refractivity contribution in [3.63, 3.8) is 0 Å². The third-order valence-electron chi connectivity index (χ3n) is 5.48. The summed E-state index contributed by atoms with van der Waals surface area (Å²) in [7, 11) is 1.68. The van der Waals surface area contributed by atoms with Gasteiger partial charge in [0.05, 0.1) is 18.6 Å². The summed E-state index contributed by atoms with van der Waals surface area (Å²) < 4.78 is 11.8. The Balaban J connectivity index is 1.87. The molecule has 0 aromatic heterocycles. The lowest BCUT2D eigenvalue weighted by molar-refractivity contribution is 0.0812. The highest BCUT2D eigenvalue weighted by atomic mass is 16.5. The maximum Gasteiger partial charge on any atom is 0.166 e. The number of aliphatic hydroxyl groups excluding tert-OH is 1. The van der Waals surface area contributed by atoms with E-state index >= 15 is 0 Å². The van der Waals surface area contributed by atoms with Crippen LogP contribution in [0.2, 0.25) is 0 Å². The van der Waals surface area contributed by atoms with E-state index in [0.717, 1.165) is 37.6 Å². The van der Waals surface area contributed by atoms with E-state index < -0.39 is 6.10 Å². The van der Waals surface area contributed by atoms with Gasteiger partial charge in [0.15, 0.2) is 11.5 Å². The van der Waals surface area contributed by atoms with E-state index in [1.165, 1.54) is 11.1 Å². The number of nitrogens with zero attached hydrogens (tertiary/aromatic N) is 1. The SMILES string of the molecule is COc1ccc2c3c1OC1C[C@@H](O)C=CC31CCN(CCN)C2. The number of hydrogen-bond donors (Lipinski definition) is 2. The van der Waals surface area contributed by atoms with Crippen molar-refractivity contribution in [1.29, 1.82) is 0 Å². The monoisotopic (exact) mass is 316 g/mol. The molecule has 5 heteroatoms. The molecule has 0 fully saturated rings. The second kappa shape index (κ2) is 5.51. The summed E-state index contributed by atoms with van der Waals surface area (Å²) in [6.07, 6.45) is 5.25. The van der Waals surface area contributed by atoms with Crippen molar-refractivity contribution in [2.24, 2.45) is 5.73 Å². The molecule has 23 heavy (non-hydrogen) atoms. The molecule has 1 spiro atoms. The van der Waals surface area contributed by atoms with Crippen molar-refractivity contribution < 1.29 is 14.6 Å². The van der Waals surface area contributed by atoms with Gasteiger partial charge in [-0.1, -0.05) is 18.2 Å². The molecule has 1 aliphatic carbocycles. The van der Waals surface area contributed by atoms with Crippen LogP contribution in [0, 0.1) is 0 Å². The summed E-state index contributed by atoms with van der Waals surface area (Å²) in [5, 5.41) is 10.0. The van der Waals surface area contributed by atoms with Gasteiger partial charge in [-0.15, -0.1) is 0 Å². The lowest BCUT2D eigenvalue weighted by atomic mass is 9.69. The number of ether oxygens (including phenoxy) is 2. The molecule has 3 atom stereocenters. The van der Waals surface area contributed by atoms with Gasteiger partial charge in [-0.2, -0.15) is 0 Å². The second-order valence-electron chi connectivity index (χ2n) is 6.75. The third-order valence-corrected chi connectivity index (χ3v) is 5.48. The lowest BCUT2D eigenvalue weighted by Gasteiger charge is -2.35. The standard InChI is InChI=1S/C18H24N2O3/c1-22-14-3-2-12-11-20(9-7-19)8-6-18-5-4-13(21)10-15(18)23-17(14)16(12)18/h2-5,13,15,21H,6-11,19H2,1H3/t13-,15?,18?/m0/s1. The van der Waals surface area contributed by atoms with Crippen LogP contribution in [0.15, 0.2) is 24.3 Å². The van der Waals surface area contributed by atoms with Crippen molar-refractivity contribution in [1.82, 2.24) is 4.90 Å². The quantitative estimate of drug-likeness (QED) is 0.820. The van der Waals surface area contributed by atoms with Crippen LogP contribution in [0.5, 0.6) is 11.5 Å². The van der Waals surface area contributed by atoms with E-state index in [0.29, 0.717) is 13.0 Å². The van der Waals surface area contributed by atoms with Crippen molar-refractivity contribution in [3.05, 3.63) is 35.4 Å². The molecule has 1 aromatic rings. The Bertz CT molecular complexity index is 645. The molecule has 2 heterocycles. The van der Waals surface area contributed by atoms with Gasteiger partial charge in [0, 0.05) is 31.6 Å². The van der Waals surface area contributed by atoms with E-state index in [1.54, 1.807) is 7.11 Å². The van der Waals surface area contributed by atoms with Crippen LogP contribution >= 0.6 is 0 Å². The van der Waals surface area contributed by atoms with Gasteiger partial charge in [-0.05, 0) is 24.6 Å². The maximum absolute atomic E-state index is 10.0. The third kappa shape index (κ3) is 2.18. The van der Waals surface area contributed by atoms with Crippen LogP contribution in [0.3, 0.4) is 0 Å². The van der Waals surface area contributed by atoms with Gasteiger partial charge in [-0.25, -0.2) is 0 Å². The minimum atomic E-state index is -0.433. The number of nitrogens with two attached hydrogens (primary N) is 1. The maximum atomic E-state index is 10.0. The van der Waals surface area contributed by atoms with Crippen molar-refractivity contribution in [2.45, 2.75) is 37.0 Å². The highest BCUT2D eigenvalue weighted by molar-refractivity contribution is 5.60. The van der Waals surface area contributed by atoms with Gasteiger partial charge in [-0.3, -0.25) is 4.90 Å². The largest absolute Gasteiger partial charge is 0.493 e. The van der Waals surface area contributed by atoms with Gasteiger partial charge >= 0.3 is 0 Å². The fourth-order valence-electron chi connectivity index (χ4n) is 4.37. The first kappa shape index (κ1) is 15.0. The zero-order valence-corrected chi connectivity index (χ0v) is 13.5. The van der Waals surface area contributed by atoms with Crippen LogP contribution < -0.4 is 15.2 Å². The highest BCUT2D eigenvalue weighted by Crippen LogP contribution is 2.55. The summed E-state index contributed by atoms with van der Waals surface area (Å²) in [4.78, 5) is 2.41. The normalized spacial score (nSPS) is 32.0. The minimum absolute atomic E-state index is 0.0228. The molecule has 0 saturated carbocycles. The fraction of sp³-hybridized carbons (Fsp3) is 0.556. The zero-order chi connectivity index (χ0) is 16.0. The first-order chi connectivity index (χ1) is 11.2. The van der Waals surface area contributed by atoms with Gasteiger partial charge in [0.25, 0.3) is 0 Å². The van der Waals surface area contributed by atoms with Crippen molar-refractivity contribution in [3.8, 4) is 11.5 Å². The average molecular weight is 316 g/mol. The molecular formula is C18H24N2O3. The van der Waals surface area contributed by atoms with Gasteiger partial charge < -0.3 is 20.3 Å². The zero-order valence-electron chi connectivity index (χ0n) is 13.5. The molecule has 5 nitrogen and oxygen atoms in total. The van der Waals surface area contributed by atoms with Crippen LogP contribution in [-0.4, -0.2) is 49.0 Å². The molecule has 1 aromatic carbocycles. The predicted molar refractivity (Wildman–Crippen MR) is 87.8 cm³/mol. The Morgan fingerprint density at radius 2 is 2.35 bits per heavy atom. The Kier molecular flexibility index (Phi) is 3.59. The Labute approximate surface area is 136 Å². The Hall–Kier alpha value is -1.56. The summed E-state index contributed by atoms with van der Waals surface area (Å²) in [6.45, 7) is 3.43. The number of rotatable bonds is 3. The van der Waals surface area contributed by atoms with Crippen LogP contribution in [0.25, 0.3) is 0 Å². The van der Waals surface area contributed by atoms with Gasteiger partial charge in [0.2, 0.25) is 0 Å². The molecule has 3 N–H and O–H groups in total. The van der Waals surface area contributed by atoms with Crippen LogP contribution in [-0.2, 0) is 12.0 Å². The van der Waals surface area contributed by atoms with Crippen LogP contribution in [0.4, 0.5) is 0 Å². The van der Waals surface area contributed by atoms with E-state index in [9.17, 15) is 5.11 Å². The Morgan fingerprint density at radius 3 is 3.13 bits per heavy atom. The number of benzene rings is 1. The predicted octanol–water partition coefficient (Wildman–Crippen LogP) is 1.18. The second-order valence-corrected chi connectivity index (χ2v) is 6.75. The highest BCUT2D eigenvalue weighted by Gasteiger charge is 2.52. The lowest BCUT2D eigenvalue weighted by Crippen LogP contribution is -2.43. The topological polar surface area (TPSA) is 68.0 Å². The molecule has 4 rings (SSSR count). The molecule has 0 amide bonds. The smallest absolute Gasteiger partial charge is 0.166 e. The Morgan fingerprint density at radius 1 is 1.48 bits per heavy atom. The molecule has 2 unspecified atom stereocenters. The molecule has 124 valence electrons. The molecule has 0 saturated heterocycles. The van der Waals surface area contributed by atoms with Gasteiger partial charge in [0.1, 0.15) is 6.10 Å². The minimum Gasteiger partial charge on any atom is -0.493 e.